The maximum Gasteiger partial charge on any atom is 0.250 e. The van der Waals surface area contributed by atoms with Crippen LogP contribution >= 0.6 is 0 Å². The van der Waals surface area contributed by atoms with Gasteiger partial charge in [0.15, 0.2) is 0 Å². The normalized spacial score (nSPS) is 20.2. The zero-order chi connectivity index (χ0) is 25.2. The Morgan fingerprint density at radius 1 is 1.03 bits per heavy atom. The van der Waals surface area contributed by atoms with Crippen LogP contribution < -0.4 is 9.16 Å². The molecule has 0 saturated carbocycles. The van der Waals surface area contributed by atoms with Gasteiger partial charge >= 0.3 is 0 Å². The van der Waals surface area contributed by atoms with E-state index in [1.54, 1.807) is 0 Å². The number of hydrogen-bond donors (Lipinski definition) is 0. The molecule has 0 bridgehead atoms. The van der Waals surface area contributed by atoms with Crippen LogP contribution in [0.2, 0.25) is 18.1 Å². The van der Waals surface area contributed by atoms with E-state index >= 15 is 0 Å². The van der Waals surface area contributed by atoms with Crippen molar-refractivity contribution in [3.05, 3.63) is 34.4 Å². The number of benzene rings is 1. The molecule has 2 nitrogen and oxygen atoms in total. The van der Waals surface area contributed by atoms with Crippen LogP contribution in [0, 0.1) is 32.6 Å². The molecule has 0 aliphatic carbocycles. The molecule has 0 N–H and O–H groups in total. The standard InChI is InChI=1S/C30H52O2Si/c1-21(2)15-13-16-22(3)17-14-19-30(10)20-18-26-25(6)27(23(4)24(5)28(26)31-30)32-33(11,12)29(7,8)9/h14,19,21-22H,13,15-18,20H2,1-12H3. The van der Waals surface area contributed by atoms with Crippen LogP contribution in [0.4, 0.5) is 0 Å². The van der Waals surface area contributed by atoms with Gasteiger partial charge < -0.3 is 9.16 Å². The van der Waals surface area contributed by atoms with Crippen LogP contribution in [-0.2, 0) is 6.42 Å². The first-order valence-corrected chi connectivity index (χ1v) is 16.2. The summed E-state index contributed by atoms with van der Waals surface area (Å²) in [5.41, 5.74) is 4.88. The quantitative estimate of drug-likeness (QED) is 0.263. The predicted molar refractivity (Wildman–Crippen MR) is 147 cm³/mol. The Morgan fingerprint density at radius 2 is 1.67 bits per heavy atom. The second-order valence-electron chi connectivity index (χ2n) is 12.9. The maximum absolute atomic E-state index is 6.83. The molecule has 188 valence electrons. The second kappa shape index (κ2) is 10.6. The van der Waals surface area contributed by atoms with Crippen molar-refractivity contribution in [2.75, 3.05) is 0 Å². The zero-order valence-corrected chi connectivity index (χ0v) is 24.9. The first kappa shape index (κ1) is 28.0. The van der Waals surface area contributed by atoms with Crippen LogP contribution in [0.3, 0.4) is 0 Å². The highest BCUT2D eigenvalue weighted by atomic mass is 28.4. The number of ether oxygens (including phenoxy) is 1. The Kier molecular flexibility index (Phi) is 8.99. The monoisotopic (exact) mass is 472 g/mol. The fraction of sp³-hybridized carbons (Fsp3) is 0.733. The molecular formula is C30H52O2Si. The van der Waals surface area contributed by atoms with E-state index in [0.29, 0.717) is 0 Å². The molecule has 1 heterocycles. The SMILES string of the molecule is Cc1c(C)c2c(c(C)c1O[Si](C)(C)C(C)(C)C)CCC(C)(C=CCC(C)CCCC(C)C)O2. The van der Waals surface area contributed by atoms with Gasteiger partial charge in [-0.25, -0.2) is 0 Å². The van der Waals surface area contributed by atoms with Gasteiger partial charge in [-0.1, -0.05) is 66.9 Å². The van der Waals surface area contributed by atoms with Crippen molar-refractivity contribution in [3.63, 3.8) is 0 Å². The van der Waals surface area contributed by atoms with E-state index < -0.39 is 8.32 Å². The van der Waals surface area contributed by atoms with Gasteiger partial charge in [0.1, 0.15) is 17.1 Å². The number of rotatable bonds is 9. The van der Waals surface area contributed by atoms with Gasteiger partial charge in [0.05, 0.1) is 0 Å². The third-order valence-corrected chi connectivity index (χ3v) is 12.5. The number of allylic oxidation sites excluding steroid dienone is 1. The maximum atomic E-state index is 6.83. The summed E-state index contributed by atoms with van der Waals surface area (Å²) in [6.07, 6.45) is 11.9. The number of fused-ring (bicyclic) bond motifs is 1. The third-order valence-electron chi connectivity index (χ3n) is 8.17. The Balaban J connectivity index is 2.19. The molecule has 2 rings (SSSR count). The first-order valence-electron chi connectivity index (χ1n) is 13.3. The second-order valence-corrected chi connectivity index (χ2v) is 17.6. The highest BCUT2D eigenvalue weighted by Crippen LogP contribution is 2.46. The molecule has 0 saturated heterocycles. The van der Waals surface area contributed by atoms with Crippen molar-refractivity contribution in [2.45, 2.75) is 131 Å². The van der Waals surface area contributed by atoms with Gasteiger partial charge in [-0.15, -0.1) is 0 Å². The lowest BCUT2D eigenvalue weighted by Crippen LogP contribution is -2.44. The molecule has 0 spiro atoms. The minimum absolute atomic E-state index is 0.182. The third kappa shape index (κ3) is 6.90. The number of hydrogen-bond acceptors (Lipinski definition) is 2. The van der Waals surface area contributed by atoms with Gasteiger partial charge in [-0.2, -0.15) is 0 Å². The highest BCUT2D eigenvalue weighted by Gasteiger charge is 2.40. The van der Waals surface area contributed by atoms with E-state index in [9.17, 15) is 0 Å². The van der Waals surface area contributed by atoms with E-state index in [1.165, 1.54) is 41.5 Å². The molecule has 33 heavy (non-hydrogen) atoms. The van der Waals surface area contributed by atoms with E-state index in [-0.39, 0.29) is 10.6 Å². The van der Waals surface area contributed by atoms with Crippen molar-refractivity contribution in [1.82, 2.24) is 0 Å². The average Bonchev–Trinajstić information content (AvgIpc) is 2.68. The Labute approximate surface area is 206 Å². The van der Waals surface area contributed by atoms with Crippen molar-refractivity contribution in [1.29, 1.82) is 0 Å². The van der Waals surface area contributed by atoms with Crippen LogP contribution in [0.5, 0.6) is 11.5 Å². The molecule has 2 unspecified atom stereocenters. The molecule has 1 aliphatic rings. The minimum atomic E-state index is -1.90. The fourth-order valence-electron chi connectivity index (χ4n) is 4.47. The molecule has 1 aliphatic heterocycles. The largest absolute Gasteiger partial charge is 0.543 e. The lowest BCUT2D eigenvalue weighted by Gasteiger charge is -2.40. The van der Waals surface area contributed by atoms with Gasteiger partial charge in [0, 0.05) is 5.56 Å². The molecular weight excluding hydrogens is 420 g/mol. The Hall–Kier alpha value is -1.22. The van der Waals surface area contributed by atoms with Gasteiger partial charge in [-0.3, -0.25) is 0 Å². The molecule has 2 atom stereocenters. The summed E-state index contributed by atoms with van der Waals surface area (Å²) in [7, 11) is -1.90. The summed E-state index contributed by atoms with van der Waals surface area (Å²) in [5, 5.41) is 0.182. The first-order chi connectivity index (χ1) is 15.1. The lowest BCUT2D eigenvalue weighted by molar-refractivity contribution is 0.112. The van der Waals surface area contributed by atoms with E-state index in [2.05, 4.69) is 94.5 Å². The van der Waals surface area contributed by atoms with Gasteiger partial charge in [0.25, 0.3) is 8.32 Å². The molecule has 1 aromatic rings. The van der Waals surface area contributed by atoms with Crippen LogP contribution in [-0.4, -0.2) is 13.9 Å². The van der Waals surface area contributed by atoms with E-state index in [1.807, 2.05) is 0 Å². The molecule has 3 heteroatoms. The van der Waals surface area contributed by atoms with Crippen LogP contribution in [0.1, 0.15) is 103 Å². The summed E-state index contributed by atoms with van der Waals surface area (Å²) in [6, 6.07) is 0. The Morgan fingerprint density at radius 3 is 2.24 bits per heavy atom. The smallest absolute Gasteiger partial charge is 0.250 e. The van der Waals surface area contributed by atoms with Crippen molar-refractivity contribution in [2.24, 2.45) is 11.8 Å². The van der Waals surface area contributed by atoms with Gasteiger partial charge in [0.2, 0.25) is 0 Å². The summed E-state index contributed by atoms with van der Waals surface area (Å²) < 4.78 is 13.6. The average molecular weight is 473 g/mol. The zero-order valence-electron chi connectivity index (χ0n) is 23.9. The molecule has 1 aromatic carbocycles. The van der Waals surface area contributed by atoms with Crippen molar-refractivity contribution >= 4 is 8.32 Å². The molecule has 0 amide bonds. The van der Waals surface area contributed by atoms with Gasteiger partial charge in [-0.05, 0) is 99.7 Å². The summed E-state index contributed by atoms with van der Waals surface area (Å²) in [5.74, 6) is 3.75. The summed E-state index contributed by atoms with van der Waals surface area (Å²) >= 11 is 0. The molecule has 0 radical (unpaired) electrons. The van der Waals surface area contributed by atoms with E-state index in [4.69, 9.17) is 9.16 Å². The highest BCUT2D eigenvalue weighted by molar-refractivity contribution is 6.74. The summed E-state index contributed by atoms with van der Waals surface area (Å²) in [4.78, 5) is 0. The fourth-order valence-corrected chi connectivity index (χ4v) is 5.60. The topological polar surface area (TPSA) is 18.5 Å². The van der Waals surface area contributed by atoms with Crippen molar-refractivity contribution < 1.29 is 9.16 Å². The minimum Gasteiger partial charge on any atom is -0.543 e. The lowest BCUT2D eigenvalue weighted by atomic mass is 9.86. The van der Waals surface area contributed by atoms with Crippen molar-refractivity contribution in [3.8, 4) is 11.5 Å². The van der Waals surface area contributed by atoms with E-state index in [0.717, 1.165) is 42.6 Å². The predicted octanol–water partition coefficient (Wildman–Crippen LogP) is 9.49. The molecule has 0 aromatic heterocycles. The summed E-state index contributed by atoms with van der Waals surface area (Å²) in [6.45, 7) is 27.5. The molecule has 0 fully saturated rings. The van der Waals surface area contributed by atoms with Crippen LogP contribution in [0.15, 0.2) is 12.2 Å². The Bertz CT molecular complexity index is 844. The van der Waals surface area contributed by atoms with Crippen LogP contribution in [0.25, 0.3) is 0 Å².